The standard InChI is InChI=1S/C25H23N3O9/c1-33-20-11-15(14-26-27-24(29)16-6-8-18(9-7-16)28(31)32)5-10-19(20)37-25(30)17-12-21(34-2)23(36-4)22(13-17)35-3/h5-14H,1-4H3,(H,27,29). The van der Waals surface area contributed by atoms with E-state index in [1.807, 2.05) is 0 Å². The van der Waals surface area contributed by atoms with E-state index in [1.54, 1.807) is 12.1 Å². The van der Waals surface area contributed by atoms with Crippen molar-refractivity contribution in [1.82, 2.24) is 5.43 Å². The Balaban J connectivity index is 1.72. The number of benzene rings is 3. The molecule has 12 heteroatoms. The molecule has 3 aromatic carbocycles. The van der Waals surface area contributed by atoms with Gasteiger partial charge >= 0.3 is 5.97 Å². The Morgan fingerprint density at radius 3 is 1.97 bits per heavy atom. The molecule has 0 aromatic heterocycles. The van der Waals surface area contributed by atoms with Crippen LogP contribution in [0.1, 0.15) is 26.3 Å². The average molecular weight is 509 g/mol. The van der Waals surface area contributed by atoms with Gasteiger partial charge in [-0.2, -0.15) is 5.10 Å². The van der Waals surface area contributed by atoms with Crippen molar-refractivity contribution in [3.63, 3.8) is 0 Å². The minimum atomic E-state index is -0.686. The summed E-state index contributed by atoms with van der Waals surface area (Å²) in [4.78, 5) is 35.1. The van der Waals surface area contributed by atoms with Gasteiger partial charge in [0, 0.05) is 17.7 Å². The topological polar surface area (TPSA) is 148 Å². The highest BCUT2D eigenvalue weighted by atomic mass is 16.6. The predicted molar refractivity (Wildman–Crippen MR) is 132 cm³/mol. The van der Waals surface area contributed by atoms with E-state index in [9.17, 15) is 19.7 Å². The first-order chi connectivity index (χ1) is 17.8. The summed E-state index contributed by atoms with van der Waals surface area (Å²) in [6.07, 6.45) is 1.36. The molecule has 0 atom stereocenters. The molecule has 0 unspecified atom stereocenters. The zero-order chi connectivity index (χ0) is 26.9. The molecule has 0 heterocycles. The molecular weight excluding hydrogens is 486 g/mol. The maximum Gasteiger partial charge on any atom is 0.343 e. The number of amides is 1. The van der Waals surface area contributed by atoms with Crippen LogP contribution in [0.5, 0.6) is 28.7 Å². The van der Waals surface area contributed by atoms with Gasteiger partial charge in [0.1, 0.15) is 0 Å². The van der Waals surface area contributed by atoms with Gasteiger partial charge in [-0.15, -0.1) is 0 Å². The molecule has 3 rings (SSSR count). The van der Waals surface area contributed by atoms with Gasteiger partial charge in [-0.05, 0) is 48.0 Å². The van der Waals surface area contributed by atoms with Gasteiger partial charge in [0.2, 0.25) is 5.75 Å². The van der Waals surface area contributed by atoms with E-state index in [4.69, 9.17) is 23.7 Å². The van der Waals surface area contributed by atoms with Crippen LogP contribution in [-0.2, 0) is 0 Å². The van der Waals surface area contributed by atoms with E-state index in [0.29, 0.717) is 22.8 Å². The fourth-order valence-electron chi connectivity index (χ4n) is 3.17. The molecule has 0 aliphatic carbocycles. The Hall–Kier alpha value is -5.13. The molecule has 192 valence electrons. The number of nitrogens with zero attached hydrogens (tertiary/aromatic N) is 2. The highest BCUT2D eigenvalue weighted by molar-refractivity contribution is 5.95. The summed E-state index contributed by atoms with van der Waals surface area (Å²) < 4.78 is 26.6. The lowest BCUT2D eigenvalue weighted by Crippen LogP contribution is -2.17. The van der Waals surface area contributed by atoms with E-state index < -0.39 is 16.8 Å². The zero-order valence-corrected chi connectivity index (χ0v) is 20.3. The van der Waals surface area contributed by atoms with Gasteiger partial charge in [0.25, 0.3) is 11.6 Å². The normalized spacial score (nSPS) is 10.5. The van der Waals surface area contributed by atoms with E-state index >= 15 is 0 Å². The number of ether oxygens (including phenoxy) is 5. The number of hydrogen-bond acceptors (Lipinski definition) is 10. The van der Waals surface area contributed by atoms with Gasteiger partial charge < -0.3 is 23.7 Å². The number of nitro groups is 1. The maximum absolute atomic E-state index is 12.8. The summed E-state index contributed by atoms with van der Waals surface area (Å²) in [5.41, 5.74) is 3.11. The predicted octanol–water partition coefficient (Wildman–Crippen LogP) is 3.61. The van der Waals surface area contributed by atoms with Crippen molar-refractivity contribution in [2.45, 2.75) is 0 Å². The Morgan fingerprint density at radius 1 is 0.811 bits per heavy atom. The van der Waals surface area contributed by atoms with Crippen LogP contribution in [-0.4, -0.2) is 51.5 Å². The van der Waals surface area contributed by atoms with E-state index in [2.05, 4.69) is 10.5 Å². The summed E-state index contributed by atoms with van der Waals surface area (Å²) in [6, 6.07) is 12.7. The lowest BCUT2D eigenvalue weighted by Gasteiger charge is -2.14. The molecule has 0 spiro atoms. The van der Waals surface area contributed by atoms with Crippen LogP contribution in [0, 0.1) is 10.1 Å². The van der Waals surface area contributed by atoms with Gasteiger partial charge in [0.05, 0.1) is 45.1 Å². The molecule has 0 aliphatic rings. The SMILES string of the molecule is COc1cc(C=NNC(=O)c2ccc([N+](=O)[O-])cc2)ccc1OC(=O)c1cc(OC)c(OC)c(OC)c1. The second kappa shape index (κ2) is 12.0. The molecule has 0 radical (unpaired) electrons. The van der Waals surface area contributed by atoms with Crippen LogP contribution in [0.25, 0.3) is 0 Å². The Kier molecular flexibility index (Phi) is 8.60. The van der Waals surface area contributed by atoms with Crippen molar-refractivity contribution in [2.75, 3.05) is 28.4 Å². The third kappa shape index (κ3) is 6.31. The molecular formula is C25H23N3O9. The van der Waals surface area contributed by atoms with Crippen LogP contribution in [0.3, 0.4) is 0 Å². The zero-order valence-electron chi connectivity index (χ0n) is 20.3. The smallest absolute Gasteiger partial charge is 0.343 e. The van der Waals surface area contributed by atoms with Crippen molar-refractivity contribution >= 4 is 23.8 Å². The number of non-ortho nitro benzene ring substituents is 1. The number of rotatable bonds is 10. The second-order valence-corrected chi connectivity index (χ2v) is 7.22. The molecule has 1 N–H and O–H groups in total. The number of nitro benzene ring substituents is 1. The molecule has 37 heavy (non-hydrogen) atoms. The number of nitrogens with one attached hydrogen (secondary N) is 1. The molecule has 0 bridgehead atoms. The summed E-state index contributed by atoms with van der Waals surface area (Å²) in [6.45, 7) is 0. The Bertz CT molecular complexity index is 1310. The van der Waals surface area contributed by atoms with Gasteiger partial charge in [-0.25, -0.2) is 10.2 Å². The number of carbonyl (C=O) groups excluding carboxylic acids is 2. The first-order valence-corrected chi connectivity index (χ1v) is 10.6. The minimum Gasteiger partial charge on any atom is -0.493 e. The minimum absolute atomic E-state index is 0.127. The van der Waals surface area contributed by atoms with Crippen LogP contribution >= 0.6 is 0 Å². The lowest BCUT2D eigenvalue weighted by molar-refractivity contribution is -0.384. The first-order valence-electron chi connectivity index (χ1n) is 10.6. The van der Waals surface area contributed by atoms with E-state index in [0.717, 1.165) is 0 Å². The Morgan fingerprint density at radius 2 is 1.43 bits per heavy atom. The second-order valence-electron chi connectivity index (χ2n) is 7.22. The number of hydrazone groups is 1. The van der Waals surface area contributed by atoms with Gasteiger partial charge in [-0.3, -0.25) is 14.9 Å². The molecule has 0 saturated heterocycles. The molecule has 0 aliphatic heterocycles. The van der Waals surface area contributed by atoms with Crippen LogP contribution in [0.15, 0.2) is 59.7 Å². The number of esters is 1. The highest BCUT2D eigenvalue weighted by Gasteiger charge is 2.19. The van der Waals surface area contributed by atoms with E-state index in [-0.39, 0.29) is 28.3 Å². The molecule has 0 saturated carbocycles. The fourth-order valence-corrected chi connectivity index (χ4v) is 3.17. The van der Waals surface area contributed by atoms with E-state index in [1.165, 1.54) is 77.1 Å². The number of hydrogen-bond donors (Lipinski definition) is 1. The molecule has 1 amide bonds. The van der Waals surface area contributed by atoms with Gasteiger partial charge in [-0.1, -0.05) is 0 Å². The summed E-state index contributed by atoms with van der Waals surface area (Å²) in [5.74, 6) is 0.0812. The number of carbonyl (C=O) groups is 2. The van der Waals surface area contributed by atoms with Gasteiger partial charge in [0.15, 0.2) is 23.0 Å². The lowest BCUT2D eigenvalue weighted by atomic mass is 10.1. The summed E-state index contributed by atoms with van der Waals surface area (Å²) in [7, 11) is 5.73. The maximum atomic E-state index is 12.8. The molecule has 12 nitrogen and oxygen atoms in total. The Labute approximate surface area is 211 Å². The van der Waals surface area contributed by atoms with Crippen molar-refractivity contribution in [3.05, 3.63) is 81.4 Å². The fraction of sp³-hybridized carbons (Fsp3) is 0.160. The monoisotopic (exact) mass is 509 g/mol. The molecule has 3 aromatic rings. The first kappa shape index (κ1) is 26.5. The largest absolute Gasteiger partial charge is 0.493 e. The molecule has 0 fully saturated rings. The van der Waals surface area contributed by atoms with Crippen molar-refractivity contribution in [3.8, 4) is 28.7 Å². The summed E-state index contributed by atoms with van der Waals surface area (Å²) in [5, 5.41) is 14.6. The van der Waals surface area contributed by atoms with Crippen LogP contribution in [0.4, 0.5) is 5.69 Å². The third-order valence-corrected chi connectivity index (χ3v) is 5.01. The third-order valence-electron chi connectivity index (χ3n) is 5.01. The van der Waals surface area contributed by atoms with Crippen molar-refractivity contribution in [2.24, 2.45) is 5.10 Å². The van der Waals surface area contributed by atoms with Crippen LogP contribution in [0.2, 0.25) is 0 Å². The number of methoxy groups -OCH3 is 4. The average Bonchev–Trinajstić information content (AvgIpc) is 2.92. The van der Waals surface area contributed by atoms with Crippen LogP contribution < -0.4 is 29.1 Å². The summed E-state index contributed by atoms with van der Waals surface area (Å²) >= 11 is 0. The van der Waals surface area contributed by atoms with Crippen molar-refractivity contribution in [1.29, 1.82) is 0 Å². The quantitative estimate of drug-likeness (QED) is 0.142. The highest BCUT2D eigenvalue weighted by Crippen LogP contribution is 2.38. The van der Waals surface area contributed by atoms with Crippen molar-refractivity contribution < 1.29 is 38.2 Å².